The van der Waals surface area contributed by atoms with Gasteiger partial charge in [0, 0.05) is 17.2 Å². The molecule has 1 atom stereocenters. The van der Waals surface area contributed by atoms with Crippen molar-refractivity contribution in [3.05, 3.63) is 81.0 Å². The number of aryl methyl sites for hydroxylation is 1. The average molecular weight is 267 g/mol. The normalized spacial score (nSPS) is 16.9. The molecule has 0 aliphatic carbocycles. The van der Waals surface area contributed by atoms with E-state index in [1.807, 2.05) is 55.5 Å². The third-order valence-electron chi connectivity index (χ3n) is 3.30. The van der Waals surface area contributed by atoms with Gasteiger partial charge in [-0.2, -0.15) is 0 Å². The lowest BCUT2D eigenvalue weighted by atomic mass is 10.00. The summed E-state index contributed by atoms with van der Waals surface area (Å²) in [5.41, 5.74) is 2.64. The zero-order valence-electron chi connectivity index (χ0n) is 10.9. The Kier molecular flexibility index (Phi) is 2.99. The molecular weight excluding hydrogens is 254 g/mol. The highest BCUT2D eigenvalue weighted by atomic mass is 16.6. The molecule has 2 aromatic carbocycles. The molecule has 4 nitrogen and oxygen atoms in total. The molecule has 0 aromatic heterocycles. The third-order valence-corrected chi connectivity index (χ3v) is 3.30. The first-order valence-corrected chi connectivity index (χ1v) is 6.33. The molecule has 1 heterocycles. The van der Waals surface area contributed by atoms with E-state index in [0.29, 0.717) is 5.75 Å². The van der Waals surface area contributed by atoms with Gasteiger partial charge in [0.1, 0.15) is 5.75 Å². The van der Waals surface area contributed by atoms with Gasteiger partial charge in [-0.25, -0.2) is 0 Å². The van der Waals surface area contributed by atoms with Crippen LogP contribution in [-0.2, 0) is 0 Å². The summed E-state index contributed by atoms with van der Waals surface area (Å²) in [6.45, 7) is 1.95. The van der Waals surface area contributed by atoms with E-state index in [0.717, 1.165) is 16.7 Å². The van der Waals surface area contributed by atoms with E-state index in [1.165, 1.54) is 0 Å². The van der Waals surface area contributed by atoms with E-state index < -0.39 is 6.10 Å². The number of fused-ring (bicyclic) bond motifs is 1. The largest absolute Gasteiger partial charge is 0.474 e. The van der Waals surface area contributed by atoms with E-state index in [1.54, 1.807) is 6.08 Å². The molecule has 0 saturated heterocycles. The molecule has 0 spiro atoms. The van der Waals surface area contributed by atoms with Gasteiger partial charge in [-0.05, 0) is 19.1 Å². The minimum atomic E-state index is -0.665. The summed E-state index contributed by atoms with van der Waals surface area (Å²) in [6.07, 6.45) is 0.935. The van der Waals surface area contributed by atoms with Crippen LogP contribution in [0.2, 0.25) is 0 Å². The van der Waals surface area contributed by atoms with Crippen LogP contribution in [0, 0.1) is 17.0 Å². The molecule has 0 unspecified atom stereocenters. The molecule has 20 heavy (non-hydrogen) atoms. The van der Waals surface area contributed by atoms with Crippen LogP contribution in [0.4, 0.5) is 0 Å². The SMILES string of the molecule is Cc1ccc2c(c1)C=C([N+](=O)[O-])[C@@H](c1ccccc1)O2. The van der Waals surface area contributed by atoms with Crippen LogP contribution in [0.15, 0.2) is 54.2 Å². The summed E-state index contributed by atoms with van der Waals surface area (Å²) in [4.78, 5) is 10.9. The first kappa shape index (κ1) is 12.4. The summed E-state index contributed by atoms with van der Waals surface area (Å²) in [6, 6.07) is 14.9. The highest BCUT2D eigenvalue weighted by Gasteiger charge is 2.32. The molecule has 1 aliphatic heterocycles. The Hall–Kier alpha value is -2.62. The average Bonchev–Trinajstić information content (AvgIpc) is 2.46. The highest BCUT2D eigenvalue weighted by molar-refractivity contribution is 5.63. The van der Waals surface area contributed by atoms with Crippen molar-refractivity contribution >= 4 is 6.08 Å². The number of nitrogens with zero attached hydrogens (tertiary/aromatic N) is 1. The van der Waals surface area contributed by atoms with Crippen molar-refractivity contribution < 1.29 is 9.66 Å². The first-order chi connectivity index (χ1) is 9.65. The fourth-order valence-corrected chi connectivity index (χ4v) is 2.33. The molecule has 0 N–H and O–H groups in total. The van der Waals surface area contributed by atoms with E-state index in [9.17, 15) is 10.1 Å². The van der Waals surface area contributed by atoms with Crippen LogP contribution in [0.1, 0.15) is 22.8 Å². The number of hydrogen-bond donors (Lipinski definition) is 0. The number of rotatable bonds is 2. The van der Waals surface area contributed by atoms with Crippen molar-refractivity contribution in [2.45, 2.75) is 13.0 Å². The Morgan fingerprint density at radius 2 is 1.90 bits per heavy atom. The number of hydrogen-bond acceptors (Lipinski definition) is 3. The zero-order chi connectivity index (χ0) is 14.1. The molecule has 3 rings (SSSR count). The second-order valence-corrected chi connectivity index (χ2v) is 4.78. The maximum atomic E-state index is 11.3. The highest BCUT2D eigenvalue weighted by Crippen LogP contribution is 2.37. The van der Waals surface area contributed by atoms with Crippen LogP contribution in [-0.4, -0.2) is 4.92 Å². The van der Waals surface area contributed by atoms with Gasteiger partial charge < -0.3 is 4.74 Å². The van der Waals surface area contributed by atoms with Crippen LogP contribution < -0.4 is 4.74 Å². The summed E-state index contributed by atoms with van der Waals surface area (Å²) < 4.78 is 5.84. The zero-order valence-corrected chi connectivity index (χ0v) is 10.9. The lowest BCUT2D eigenvalue weighted by Gasteiger charge is -2.22. The molecule has 4 heteroatoms. The molecule has 100 valence electrons. The number of ether oxygens (including phenoxy) is 1. The Bertz CT molecular complexity index is 692. The second kappa shape index (κ2) is 4.81. The van der Waals surface area contributed by atoms with Crippen LogP contribution in [0.5, 0.6) is 5.75 Å². The van der Waals surface area contributed by atoms with Gasteiger partial charge in [-0.3, -0.25) is 10.1 Å². The van der Waals surface area contributed by atoms with E-state index in [-0.39, 0.29) is 10.6 Å². The monoisotopic (exact) mass is 267 g/mol. The van der Waals surface area contributed by atoms with Gasteiger partial charge in [0.2, 0.25) is 6.10 Å². The lowest BCUT2D eigenvalue weighted by molar-refractivity contribution is -0.434. The lowest BCUT2D eigenvalue weighted by Crippen LogP contribution is -2.19. The summed E-state index contributed by atoms with van der Waals surface area (Å²) >= 11 is 0. The molecular formula is C16H13NO3. The van der Waals surface area contributed by atoms with Gasteiger partial charge in [0.15, 0.2) is 0 Å². The predicted octanol–water partition coefficient (Wildman–Crippen LogP) is 3.75. The van der Waals surface area contributed by atoms with E-state index in [2.05, 4.69) is 0 Å². The minimum Gasteiger partial charge on any atom is -0.474 e. The van der Waals surface area contributed by atoms with Crippen molar-refractivity contribution in [1.82, 2.24) is 0 Å². The molecule has 0 bridgehead atoms. The summed E-state index contributed by atoms with van der Waals surface area (Å²) in [7, 11) is 0. The minimum absolute atomic E-state index is 0.0642. The topological polar surface area (TPSA) is 52.4 Å². The number of nitro groups is 1. The molecule has 0 saturated carbocycles. The van der Waals surface area contributed by atoms with Gasteiger partial charge in [-0.1, -0.05) is 42.0 Å². The molecule has 1 aliphatic rings. The molecule has 0 amide bonds. The Labute approximate surface area is 116 Å². The van der Waals surface area contributed by atoms with E-state index in [4.69, 9.17) is 4.74 Å². The maximum absolute atomic E-state index is 11.3. The maximum Gasteiger partial charge on any atom is 0.291 e. The van der Waals surface area contributed by atoms with Gasteiger partial charge in [0.25, 0.3) is 5.70 Å². The van der Waals surface area contributed by atoms with Crippen molar-refractivity contribution in [1.29, 1.82) is 0 Å². The standard InChI is InChI=1S/C16H13NO3/c1-11-7-8-15-13(9-11)10-14(17(18)19)16(20-15)12-5-3-2-4-6-12/h2-10,16H,1H3/t16-/m1/s1. The van der Waals surface area contributed by atoms with Crippen molar-refractivity contribution in [2.75, 3.05) is 0 Å². The van der Waals surface area contributed by atoms with Gasteiger partial charge in [0.05, 0.1) is 4.92 Å². The van der Waals surface area contributed by atoms with Crippen LogP contribution >= 0.6 is 0 Å². The first-order valence-electron chi connectivity index (χ1n) is 6.33. The fraction of sp³-hybridized carbons (Fsp3) is 0.125. The summed E-state index contributed by atoms with van der Waals surface area (Å²) in [5.74, 6) is 0.676. The Morgan fingerprint density at radius 1 is 1.15 bits per heavy atom. The quantitative estimate of drug-likeness (QED) is 0.615. The van der Waals surface area contributed by atoms with E-state index >= 15 is 0 Å². The third kappa shape index (κ3) is 2.16. The van der Waals surface area contributed by atoms with Gasteiger partial charge in [-0.15, -0.1) is 0 Å². The Balaban J connectivity index is 2.10. The summed E-state index contributed by atoms with van der Waals surface area (Å²) in [5, 5.41) is 11.3. The number of benzene rings is 2. The molecule has 0 fully saturated rings. The fourth-order valence-electron chi connectivity index (χ4n) is 2.33. The predicted molar refractivity (Wildman–Crippen MR) is 76.0 cm³/mol. The van der Waals surface area contributed by atoms with Gasteiger partial charge >= 0.3 is 0 Å². The molecule has 0 radical (unpaired) electrons. The smallest absolute Gasteiger partial charge is 0.291 e. The van der Waals surface area contributed by atoms with Crippen molar-refractivity contribution in [2.24, 2.45) is 0 Å². The van der Waals surface area contributed by atoms with Crippen molar-refractivity contribution in [3.63, 3.8) is 0 Å². The Morgan fingerprint density at radius 3 is 2.60 bits per heavy atom. The van der Waals surface area contributed by atoms with Crippen LogP contribution in [0.3, 0.4) is 0 Å². The van der Waals surface area contributed by atoms with Crippen LogP contribution in [0.25, 0.3) is 6.08 Å². The van der Waals surface area contributed by atoms with Crippen molar-refractivity contribution in [3.8, 4) is 5.75 Å². The molecule has 2 aromatic rings. The second-order valence-electron chi connectivity index (χ2n) is 4.78.